The van der Waals surface area contributed by atoms with Gasteiger partial charge in [0.05, 0.1) is 12.7 Å². The molecule has 0 amide bonds. The Labute approximate surface area is 195 Å². The molecule has 1 aromatic heterocycles. The number of fused-ring (bicyclic) bond motifs is 1. The number of ether oxygens (including phenoxy) is 1. The number of carboxylic acids is 1. The van der Waals surface area contributed by atoms with Crippen molar-refractivity contribution < 1.29 is 27.8 Å². The molecule has 34 heavy (non-hydrogen) atoms. The van der Waals surface area contributed by atoms with Crippen molar-refractivity contribution in [3.8, 4) is 5.75 Å². The third-order valence-electron chi connectivity index (χ3n) is 6.52. The summed E-state index contributed by atoms with van der Waals surface area (Å²) in [5, 5.41) is 10.3. The van der Waals surface area contributed by atoms with Gasteiger partial charge in [0.15, 0.2) is 6.17 Å². The zero-order valence-corrected chi connectivity index (χ0v) is 19.1. The van der Waals surface area contributed by atoms with Crippen molar-refractivity contribution in [2.24, 2.45) is 0 Å². The van der Waals surface area contributed by atoms with Gasteiger partial charge in [0.2, 0.25) is 0 Å². The largest absolute Gasteiger partial charge is 0.496 e. The van der Waals surface area contributed by atoms with E-state index in [0.29, 0.717) is 26.2 Å². The summed E-state index contributed by atoms with van der Waals surface area (Å²) in [6.45, 7) is 3.53. The van der Waals surface area contributed by atoms with E-state index in [9.17, 15) is 23.1 Å². The van der Waals surface area contributed by atoms with Gasteiger partial charge < -0.3 is 14.8 Å². The van der Waals surface area contributed by atoms with E-state index in [1.165, 1.54) is 12.1 Å². The Balaban J connectivity index is 1.66. The van der Waals surface area contributed by atoms with Gasteiger partial charge in [-0.05, 0) is 42.3 Å². The molecule has 2 atom stereocenters. The number of hydrogen-bond acceptors (Lipinski definition) is 4. The molecule has 182 valence electrons. The molecule has 0 saturated carbocycles. The number of aromatic amines is 1. The number of rotatable bonds is 8. The zero-order valence-electron chi connectivity index (χ0n) is 19.1. The molecule has 2 N–H and O–H groups in total. The monoisotopic (exact) mass is 475 g/mol. The number of piperazine rings is 1. The first-order valence-corrected chi connectivity index (χ1v) is 11.1. The number of hydrogen-bond donors (Lipinski definition) is 2. The smallest absolute Gasteiger partial charge is 0.335 e. The summed E-state index contributed by atoms with van der Waals surface area (Å²) in [7, 11) is 1.63. The fourth-order valence-electron chi connectivity index (χ4n) is 4.71. The molecule has 3 aromatic rings. The van der Waals surface area contributed by atoms with E-state index in [2.05, 4.69) is 9.88 Å². The number of aromatic carboxylic acids is 1. The second kappa shape index (κ2) is 10.1. The molecule has 4 rings (SSSR count). The van der Waals surface area contributed by atoms with Gasteiger partial charge in [0, 0.05) is 61.4 Å². The Morgan fingerprint density at radius 1 is 1.21 bits per heavy atom. The molecule has 1 aliphatic heterocycles. The van der Waals surface area contributed by atoms with Crippen molar-refractivity contribution in [3.05, 3.63) is 64.8 Å². The van der Waals surface area contributed by atoms with Crippen LogP contribution in [-0.2, 0) is 6.54 Å². The summed E-state index contributed by atoms with van der Waals surface area (Å²) in [4.78, 5) is 18.5. The topological polar surface area (TPSA) is 68.8 Å². The number of aryl methyl sites for hydroxylation is 1. The fraction of sp³-hybridized carbons (Fsp3) is 0.400. The van der Waals surface area contributed by atoms with Gasteiger partial charge in [-0.3, -0.25) is 9.80 Å². The number of halogens is 3. The summed E-state index contributed by atoms with van der Waals surface area (Å²) in [5.74, 6) is -0.265. The van der Waals surface area contributed by atoms with E-state index in [1.807, 2.05) is 25.3 Å². The molecular formula is C25H28F3N3O3. The van der Waals surface area contributed by atoms with Crippen LogP contribution in [0.1, 0.15) is 33.1 Å². The van der Waals surface area contributed by atoms with Crippen LogP contribution in [0.5, 0.6) is 5.75 Å². The molecule has 2 heterocycles. The summed E-state index contributed by atoms with van der Waals surface area (Å²) in [6, 6.07) is 10.3. The van der Waals surface area contributed by atoms with Crippen LogP contribution in [0.4, 0.5) is 13.2 Å². The van der Waals surface area contributed by atoms with Crippen LogP contribution >= 0.6 is 0 Å². The van der Waals surface area contributed by atoms with Gasteiger partial charge in [0.25, 0.3) is 6.43 Å². The number of carbonyl (C=O) groups is 1. The normalized spacial score (nSPS) is 18.5. The van der Waals surface area contributed by atoms with Gasteiger partial charge in [-0.25, -0.2) is 18.0 Å². The predicted octanol–water partition coefficient (Wildman–Crippen LogP) is 4.65. The van der Waals surface area contributed by atoms with Crippen LogP contribution in [0.2, 0.25) is 0 Å². The van der Waals surface area contributed by atoms with Crippen molar-refractivity contribution in [2.45, 2.75) is 32.1 Å². The van der Waals surface area contributed by atoms with E-state index in [-0.39, 0.29) is 18.2 Å². The number of nitrogens with one attached hydrogen (secondary N) is 1. The quantitative estimate of drug-likeness (QED) is 0.497. The van der Waals surface area contributed by atoms with Gasteiger partial charge in [-0.15, -0.1) is 0 Å². The molecule has 1 saturated heterocycles. The Morgan fingerprint density at radius 2 is 1.94 bits per heavy atom. The number of benzene rings is 2. The maximum atomic E-state index is 13.8. The molecule has 2 aromatic carbocycles. The van der Waals surface area contributed by atoms with Crippen molar-refractivity contribution >= 4 is 16.9 Å². The van der Waals surface area contributed by atoms with Crippen LogP contribution in [-0.4, -0.2) is 71.7 Å². The third-order valence-corrected chi connectivity index (χ3v) is 6.52. The SMILES string of the molecule is COc1cc(C)c2[nH]ccc2c1CN1CCN(CC(F)C(F)F)CC1c1ccc(C(=O)O)cc1. The van der Waals surface area contributed by atoms with Gasteiger partial charge in [-0.2, -0.15) is 0 Å². The molecule has 0 aliphatic carbocycles. The first kappa shape index (κ1) is 24.1. The molecule has 9 heteroatoms. The number of carboxylic acid groups (broad SMARTS) is 1. The van der Waals surface area contributed by atoms with E-state index < -0.39 is 18.6 Å². The molecule has 1 fully saturated rings. The maximum absolute atomic E-state index is 13.8. The summed E-state index contributed by atoms with van der Waals surface area (Å²) in [5.41, 5.74) is 4.10. The second-order valence-corrected chi connectivity index (χ2v) is 8.66. The summed E-state index contributed by atoms with van der Waals surface area (Å²) in [6.07, 6.45) is -3.35. The Morgan fingerprint density at radius 3 is 2.59 bits per heavy atom. The van der Waals surface area contributed by atoms with Crippen LogP contribution < -0.4 is 4.74 Å². The van der Waals surface area contributed by atoms with Crippen LogP contribution in [0, 0.1) is 6.92 Å². The van der Waals surface area contributed by atoms with Crippen molar-refractivity contribution in [1.82, 2.24) is 14.8 Å². The van der Waals surface area contributed by atoms with E-state index in [4.69, 9.17) is 4.74 Å². The molecule has 1 aliphatic rings. The average molecular weight is 476 g/mol. The minimum absolute atomic E-state index is 0.165. The highest BCUT2D eigenvalue weighted by molar-refractivity contribution is 5.88. The van der Waals surface area contributed by atoms with Crippen LogP contribution in [0.25, 0.3) is 10.9 Å². The highest BCUT2D eigenvalue weighted by atomic mass is 19.3. The fourth-order valence-corrected chi connectivity index (χ4v) is 4.71. The second-order valence-electron chi connectivity index (χ2n) is 8.66. The molecule has 6 nitrogen and oxygen atoms in total. The third kappa shape index (κ3) is 4.90. The van der Waals surface area contributed by atoms with E-state index in [0.717, 1.165) is 33.3 Å². The number of methoxy groups -OCH3 is 1. The molecule has 0 radical (unpaired) electrons. The number of H-pyrrole nitrogens is 1. The Bertz CT molecular complexity index is 1150. The lowest BCUT2D eigenvalue weighted by Crippen LogP contribution is -2.50. The van der Waals surface area contributed by atoms with Gasteiger partial charge in [-0.1, -0.05) is 12.1 Å². The lowest BCUT2D eigenvalue weighted by molar-refractivity contribution is 0.00198. The van der Waals surface area contributed by atoms with Crippen LogP contribution in [0.15, 0.2) is 42.6 Å². The van der Waals surface area contributed by atoms with Gasteiger partial charge >= 0.3 is 5.97 Å². The highest BCUT2D eigenvalue weighted by Gasteiger charge is 2.32. The molecule has 0 spiro atoms. The molecular weight excluding hydrogens is 447 g/mol. The van der Waals surface area contributed by atoms with Crippen molar-refractivity contribution in [3.63, 3.8) is 0 Å². The highest BCUT2D eigenvalue weighted by Crippen LogP contribution is 2.35. The van der Waals surface area contributed by atoms with E-state index >= 15 is 0 Å². The lowest BCUT2D eigenvalue weighted by Gasteiger charge is -2.42. The average Bonchev–Trinajstić information content (AvgIpc) is 3.32. The maximum Gasteiger partial charge on any atom is 0.335 e. The summed E-state index contributed by atoms with van der Waals surface area (Å²) >= 11 is 0. The zero-order chi connectivity index (χ0) is 24.4. The number of aromatic nitrogens is 1. The number of alkyl halides is 3. The predicted molar refractivity (Wildman–Crippen MR) is 123 cm³/mol. The van der Waals surface area contributed by atoms with Gasteiger partial charge in [0.1, 0.15) is 5.75 Å². The van der Waals surface area contributed by atoms with Crippen molar-refractivity contribution in [1.29, 1.82) is 0 Å². The minimum atomic E-state index is -3.02. The standard InChI is InChI=1S/C25H28F3N3O3/c1-15-11-22(34-2)19(18-7-8-29-23(15)18)12-31-10-9-30(13-20(26)24(27)28)14-21(31)16-3-5-17(6-4-16)25(32)33/h3-8,11,20-21,24,29H,9-10,12-14H2,1-2H3,(H,32,33). The Hall–Kier alpha value is -3.04. The summed E-state index contributed by atoms with van der Waals surface area (Å²) < 4.78 is 45.2. The minimum Gasteiger partial charge on any atom is -0.496 e. The first-order chi connectivity index (χ1) is 16.3. The van der Waals surface area contributed by atoms with E-state index in [1.54, 1.807) is 24.1 Å². The Kier molecular flexibility index (Phi) is 7.13. The van der Waals surface area contributed by atoms with Crippen molar-refractivity contribution in [2.75, 3.05) is 33.3 Å². The van der Waals surface area contributed by atoms with Crippen LogP contribution in [0.3, 0.4) is 0 Å². The molecule has 2 unspecified atom stereocenters. The molecule has 0 bridgehead atoms. The first-order valence-electron chi connectivity index (χ1n) is 11.1. The number of nitrogens with zero attached hydrogens (tertiary/aromatic N) is 2. The lowest BCUT2D eigenvalue weighted by atomic mass is 9.98.